The van der Waals surface area contributed by atoms with Crippen LogP contribution in [0.15, 0.2) is 65.6 Å². The molecule has 26 heavy (non-hydrogen) atoms. The van der Waals surface area contributed by atoms with E-state index in [1.165, 1.54) is 17.1 Å². The summed E-state index contributed by atoms with van der Waals surface area (Å²) in [5, 5.41) is 4.84. The first-order valence-electron chi connectivity index (χ1n) is 8.36. The minimum atomic E-state index is -0.241. The largest absolute Gasteiger partial charge is 0.482 e. The van der Waals surface area contributed by atoms with Crippen LogP contribution in [0.4, 0.5) is 5.69 Å². The van der Waals surface area contributed by atoms with Crippen LogP contribution < -0.4 is 10.1 Å². The Morgan fingerprint density at radius 3 is 2.73 bits per heavy atom. The third-order valence-electron chi connectivity index (χ3n) is 4.30. The van der Waals surface area contributed by atoms with E-state index < -0.39 is 0 Å². The van der Waals surface area contributed by atoms with Crippen molar-refractivity contribution in [2.45, 2.75) is 17.1 Å². The highest BCUT2D eigenvalue weighted by atomic mass is 32.2. The molecule has 5 heteroatoms. The molecule has 130 valence electrons. The van der Waals surface area contributed by atoms with E-state index in [9.17, 15) is 9.59 Å². The van der Waals surface area contributed by atoms with Gasteiger partial charge in [-0.15, -0.1) is 11.8 Å². The highest BCUT2D eigenvalue weighted by Gasteiger charge is 2.21. The SMILES string of the molecule is CC(Sc1ccc2ccccc2c1)C(=O)c1ccc2c(c1)NC(=O)CO2. The number of ether oxygens (including phenoxy) is 1. The van der Waals surface area contributed by atoms with E-state index in [1.807, 2.05) is 25.1 Å². The predicted molar refractivity (Wildman–Crippen MR) is 104 cm³/mol. The summed E-state index contributed by atoms with van der Waals surface area (Å²) in [7, 11) is 0. The van der Waals surface area contributed by atoms with Crippen molar-refractivity contribution < 1.29 is 14.3 Å². The number of ketones is 1. The Kier molecular flexibility index (Phi) is 4.39. The standard InChI is InChI=1S/C21H17NO3S/c1-13(26-17-8-6-14-4-2-3-5-15(14)10-17)21(24)16-7-9-19-18(11-16)22-20(23)12-25-19/h2-11,13H,12H2,1H3,(H,22,23). The third kappa shape index (κ3) is 3.30. The van der Waals surface area contributed by atoms with Crippen LogP contribution in [0.25, 0.3) is 10.8 Å². The molecule has 3 aromatic rings. The van der Waals surface area contributed by atoms with Crippen LogP contribution in [0.5, 0.6) is 5.75 Å². The van der Waals surface area contributed by atoms with Crippen molar-refractivity contribution in [1.29, 1.82) is 0 Å². The first-order chi connectivity index (χ1) is 12.6. The number of amides is 1. The lowest BCUT2D eigenvalue weighted by Crippen LogP contribution is -2.25. The number of nitrogens with one attached hydrogen (secondary N) is 1. The lowest BCUT2D eigenvalue weighted by atomic mass is 10.1. The van der Waals surface area contributed by atoms with Gasteiger partial charge < -0.3 is 10.1 Å². The molecule has 4 nitrogen and oxygen atoms in total. The van der Waals surface area contributed by atoms with Crippen LogP contribution >= 0.6 is 11.8 Å². The number of anilines is 1. The van der Waals surface area contributed by atoms with Crippen LogP contribution in [0.1, 0.15) is 17.3 Å². The molecule has 4 rings (SSSR count). The predicted octanol–water partition coefficient (Wildman–Crippen LogP) is 4.53. The highest BCUT2D eigenvalue weighted by molar-refractivity contribution is 8.00. The summed E-state index contributed by atoms with van der Waals surface area (Å²) >= 11 is 1.53. The number of rotatable bonds is 4. The number of thioether (sulfide) groups is 1. The van der Waals surface area contributed by atoms with Crippen LogP contribution in [-0.4, -0.2) is 23.5 Å². The summed E-state index contributed by atoms with van der Waals surface area (Å²) in [4.78, 5) is 25.3. The van der Waals surface area contributed by atoms with E-state index in [4.69, 9.17) is 4.74 Å². The number of hydrogen-bond donors (Lipinski definition) is 1. The maximum Gasteiger partial charge on any atom is 0.262 e. The van der Waals surface area contributed by atoms with Crippen LogP contribution in [0, 0.1) is 0 Å². The Bertz CT molecular complexity index is 1020. The molecular weight excluding hydrogens is 346 g/mol. The highest BCUT2D eigenvalue weighted by Crippen LogP contribution is 2.32. The molecule has 0 spiro atoms. The van der Waals surface area contributed by atoms with Crippen LogP contribution in [0.2, 0.25) is 0 Å². The minimum absolute atomic E-state index is 0.00844. The molecule has 3 aromatic carbocycles. The van der Waals surface area contributed by atoms with Gasteiger partial charge in [-0.2, -0.15) is 0 Å². The van der Waals surface area contributed by atoms with Crippen molar-refractivity contribution in [3.8, 4) is 5.75 Å². The summed E-state index contributed by atoms with van der Waals surface area (Å²) in [5.74, 6) is 0.405. The van der Waals surface area contributed by atoms with Gasteiger partial charge in [0.2, 0.25) is 0 Å². The van der Waals surface area contributed by atoms with Crippen molar-refractivity contribution >= 4 is 39.9 Å². The third-order valence-corrected chi connectivity index (χ3v) is 5.39. The van der Waals surface area contributed by atoms with Crippen molar-refractivity contribution in [1.82, 2.24) is 0 Å². The minimum Gasteiger partial charge on any atom is -0.482 e. The molecule has 0 saturated heterocycles. The molecule has 1 aliphatic heterocycles. The van der Waals surface area contributed by atoms with Gasteiger partial charge in [-0.25, -0.2) is 0 Å². The average Bonchev–Trinajstić information content (AvgIpc) is 2.66. The summed E-state index contributed by atoms with van der Waals surface area (Å²) in [6.45, 7) is 1.91. The molecule has 1 atom stereocenters. The smallest absolute Gasteiger partial charge is 0.262 e. The second kappa shape index (κ2) is 6.84. The zero-order valence-electron chi connectivity index (χ0n) is 14.2. The van der Waals surface area contributed by atoms with Gasteiger partial charge in [0, 0.05) is 10.5 Å². The molecule has 1 unspecified atom stereocenters. The Hall–Kier alpha value is -2.79. The molecule has 1 N–H and O–H groups in total. The van der Waals surface area contributed by atoms with Gasteiger partial charge in [-0.3, -0.25) is 9.59 Å². The van der Waals surface area contributed by atoms with E-state index >= 15 is 0 Å². The number of fused-ring (bicyclic) bond motifs is 2. The van der Waals surface area contributed by atoms with E-state index in [0.29, 0.717) is 17.0 Å². The molecule has 0 radical (unpaired) electrons. The topological polar surface area (TPSA) is 55.4 Å². The van der Waals surface area contributed by atoms with Gasteiger partial charge in [0.1, 0.15) is 5.75 Å². The Balaban J connectivity index is 1.53. The molecule has 0 bridgehead atoms. The van der Waals surface area contributed by atoms with Crippen LogP contribution in [0.3, 0.4) is 0 Å². The maximum absolute atomic E-state index is 12.8. The number of hydrogen-bond acceptors (Lipinski definition) is 4. The number of benzene rings is 3. The summed E-state index contributed by atoms with van der Waals surface area (Å²) in [5.41, 5.74) is 1.12. The van der Waals surface area contributed by atoms with Crippen molar-refractivity contribution in [3.05, 3.63) is 66.2 Å². The van der Waals surface area contributed by atoms with Crippen molar-refractivity contribution in [3.63, 3.8) is 0 Å². The molecular formula is C21H17NO3S. The molecule has 0 aliphatic carbocycles. The van der Waals surface area contributed by atoms with Gasteiger partial charge in [0.25, 0.3) is 5.91 Å². The number of carbonyl (C=O) groups excluding carboxylic acids is 2. The molecule has 1 aliphatic rings. The zero-order chi connectivity index (χ0) is 18.1. The maximum atomic E-state index is 12.8. The second-order valence-corrected chi connectivity index (χ2v) is 7.60. The first kappa shape index (κ1) is 16.7. The zero-order valence-corrected chi connectivity index (χ0v) is 15.0. The van der Waals surface area contributed by atoms with Gasteiger partial charge >= 0.3 is 0 Å². The Morgan fingerprint density at radius 2 is 1.88 bits per heavy atom. The quantitative estimate of drug-likeness (QED) is 0.546. The van der Waals surface area contributed by atoms with Gasteiger partial charge in [0.15, 0.2) is 12.4 Å². The number of Topliss-reactive ketones (excluding diaryl/α,β-unsaturated/α-hetero) is 1. The van der Waals surface area contributed by atoms with Gasteiger partial charge in [0.05, 0.1) is 10.9 Å². The molecule has 1 heterocycles. The Morgan fingerprint density at radius 1 is 1.08 bits per heavy atom. The summed E-state index contributed by atoms with van der Waals surface area (Å²) in [6, 6.07) is 19.5. The second-order valence-electron chi connectivity index (χ2n) is 6.18. The fraction of sp³-hybridized carbons (Fsp3) is 0.143. The lowest BCUT2D eigenvalue weighted by molar-refractivity contribution is -0.118. The fourth-order valence-corrected chi connectivity index (χ4v) is 3.96. The lowest BCUT2D eigenvalue weighted by Gasteiger charge is -2.19. The molecule has 0 saturated carbocycles. The fourth-order valence-electron chi connectivity index (χ4n) is 2.97. The molecule has 0 fully saturated rings. The molecule has 1 amide bonds. The summed E-state index contributed by atoms with van der Waals surface area (Å²) in [6.07, 6.45) is 0. The average molecular weight is 363 g/mol. The van der Waals surface area contributed by atoms with Gasteiger partial charge in [-0.1, -0.05) is 30.3 Å². The molecule has 0 aromatic heterocycles. The monoisotopic (exact) mass is 363 g/mol. The van der Waals surface area contributed by atoms with E-state index in [0.717, 1.165) is 10.3 Å². The Labute approximate surface area is 155 Å². The van der Waals surface area contributed by atoms with E-state index in [-0.39, 0.29) is 23.5 Å². The van der Waals surface area contributed by atoms with Crippen molar-refractivity contribution in [2.75, 3.05) is 11.9 Å². The normalized spacial score (nSPS) is 14.3. The summed E-state index contributed by atoms with van der Waals surface area (Å²) < 4.78 is 5.34. The van der Waals surface area contributed by atoms with E-state index in [2.05, 4.69) is 29.6 Å². The van der Waals surface area contributed by atoms with Crippen molar-refractivity contribution in [2.24, 2.45) is 0 Å². The number of carbonyl (C=O) groups is 2. The first-order valence-corrected chi connectivity index (χ1v) is 9.24. The van der Waals surface area contributed by atoms with E-state index in [1.54, 1.807) is 18.2 Å². The van der Waals surface area contributed by atoms with Crippen LogP contribution in [-0.2, 0) is 4.79 Å². The van der Waals surface area contributed by atoms with Gasteiger partial charge in [-0.05, 0) is 48.0 Å².